The van der Waals surface area contributed by atoms with Crippen LogP contribution in [0, 0.1) is 0 Å². The minimum atomic E-state index is -1.05. The minimum Gasteiger partial charge on any atom is -0.478 e. The number of aliphatic carboxylic acids is 1. The minimum absolute atomic E-state index is 0.168. The lowest BCUT2D eigenvalue weighted by atomic mass is 10.1. The predicted octanol–water partition coefficient (Wildman–Crippen LogP) is 5.21. The summed E-state index contributed by atoms with van der Waals surface area (Å²) in [5.41, 5.74) is 0.748. The van der Waals surface area contributed by atoms with E-state index in [4.69, 9.17) is 21.1 Å². The molecule has 132 valence electrons. The number of benzene rings is 3. The van der Waals surface area contributed by atoms with Crippen LogP contribution in [-0.2, 0) is 11.2 Å². The lowest BCUT2D eigenvalue weighted by molar-refractivity contribution is -0.145. The molecule has 0 bridgehead atoms. The van der Waals surface area contributed by atoms with Crippen molar-refractivity contribution in [3.05, 3.63) is 89.4 Å². The summed E-state index contributed by atoms with van der Waals surface area (Å²) in [5, 5.41) is 10.1. The fourth-order valence-corrected chi connectivity index (χ4v) is 2.57. The monoisotopic (exact) mass is 368 g/mol. The zero-order valence-corrected chi connectivity index (χ0v) is 14.6. The van der Waals surface area contributed by atoms with Crippen LogP contribution in [0.5, 0.6) is 17.2 Å². The van der Waals surface area contributed by atoms with Crippen LogP contribution < -0.4 is 9.47 Å². The first kappa shape index (κ1) is 17.8. The number of carbonyl (C=O) groups is 1. The maximum absolute atomic E-state index is 11.7. The van der Waals surface area contributed by atoms with Crippen LogP contribution in [0.4, 0.5) is 0 Å². The van der Waals surface area contributed by atoms with E-state index in [1.807, 2.05) is 54.6 Å². The van der Waals surface area contributed by atoms with Gasteiger partial charge in [0.1, 0.15) is 17.2 Å². The van der Waals surface area contributed by atoms with Crippen LogP contribution in [0.2, 0.25) is 5.02 Å². The quantitative estimate of drug-likeness (QED) is 0.622. The fraction of sp³-hybridized carbons (Fsp3) is 0.0952. The third-order valence-corrected chi connectivity index (χ3v) is 3.97. The molecule has 0 heterocycles. The van der Waals surface area contributed by atoms with Crippen molar-refractivity contribution in [2.75, 3.05) is 0 Å². The Morgan fingerprint density at radius 3 is 2.23 bits per heavy atom. The first-order valence-corrected chi connectivity index (χ1v) is 8.45. The Balaban J connectivity index is 1.79. The summed E-state index contributed by atoms with van der Waals surface area (Å²) < 4.78 is 11.5. The number of hydrogen-bond acceptors (Lipinski definition) is 3. The molecule has 0 fully saturated rings. The van der Waals surface area contributed by atoms with Gasteiger partial charge in [-0.1, -0.05) is 48.0 Å². The van der Waals surface area contributed by atoms with Gasteiger partial charge in [0, 0.05) is 11.4 Å². The van der Waals surface area contributed by atoms with Crippen molar-refractivity contribution < 1.29 is 19.4 Å². The molecular formula is C21H17ClO4. The van der Waals surface area contributed by atoms with E-state index >= 15 is 0 Å². The molecule has 1 unspecified atom stereocenters. The molecule has 26 heavy (non-hydrogen) atoms. The van der Waals surface area contributed by atoms with Crippen molar-refractivity contribution >= 4 is 17.6 Å². The smallest absolute Gasteiger partial charge is 0.345 e. The molecule has 5 heteroatoms. The van der Waals surface area contributed by atoms with Crippen LogP contribution in [-0.4, -0.2) is 17.2 Å². The van der Waals surface area contributed by atoms with Crippen LogP contribution >= 0.6 is 11.6 Å². The van der Waals surface area contributed by atoms with E-state index in [1.165, 1.54) is 0 Å². The SMILES string of the molecule is O=C(O)C(Cc1ccccc1Oc1ccccc1)Oc1ccc(Cl)cc1. The van der Waals surface area contributed by atoms with Gasteiger partial charge < -0.3 is 14.6 Å². The highest BCUT2D eigenvalue weighted by Gasteiger charge is 2.22. The summed E-state index contributed by atoms with van der Waals surface area (Å²) in [7, 11) is 0. The van der Waals surface area contributed by atoms with Gasteiger partial charge in [-0.3, -0.25) is 0 Å². The van der Waals surface area contributed by atoms with Gasteiger partial charge in [0.15, 0.2) is 6.10 Å². The third kappa shape index (κ3) is 4.77. The summed E-state index contributed by atoms with van der Waals surface area (Å²) in [4.78, 5) is 11.7. The molecule has 1 N–H and O–H groups in total. The Kier molecular flexibility index (Phi) is 5.77. The number of halogens is 1. The normalized spacial score (nSPS) is 11.6. The van der Waals surface area contributed by atoms with Crippen LogP contribution in [0.1, 0.15) is 5.56 Å². The zero-order valence-electron chi connectivity index (χ0n) is 13.8. The predicted molar refractivity (Wildman–Crippen MR) is 100 cm³/mol. The van der Waals surface area contributed by atoms with Gasteiger partial charge in [0.25, 0.3) is 0 Å². The number of carboxylic acids is 1. The molecule has 0 aliphatic rings. The van der Waals surface area contributed by atoms with Crippen LogP contribution in [0.25, 0.3) is 0 Å². The first-order valence-electron chi connectivity index (χ1n) is 8.07. The van der Waals surface area contributed by atoms with E-state index < -0.39 is 12.1 Å². The highest BCUT2D eigenvalue weighted by atomic mass is 35.5. The molecule has 3 rings (SSSR count). The molecule has 0 spiro atoms. The van der Waals surface area contributed by atoms with Crippen LogP contribution in [0.3, 0.4) is 0 Å². The second kappa shape index (κ2) is 8.41. The molecular weight excluding hydrogens is 352 g/mol. The highest BCUT2D eigenvalue weighted by molar-refractivity contribution is 6.30. The summed E-state index contributed by atoms with van der Waals surface area (Å²) in [5.74, 6) is 0.688. The maximum Gasteiger partial charge on any atom is 0.345 e. The number of carboxylic acid groups (broad SMARTS) is 1. The summed E-state index contributed by atoms with van der Waals surface area (Å²) in [6.07, 6.45) is -0.877. The Labute approximate surface area is 156 Å². The average Bonchev–Trinajstić information content (AvgIpc) is 2.65. The maximum atomic E-state index is 11.7. The van der Waals surface area contributed by atoms with Gasteiger partial charge in [-0.25, -0.2) is 4.79 Å². The van der Waals surface area contributed by atoms with Crippen molar-refractivity contribution in [3.8, 4) is 17.2 Å². The van der Waals surface area contributed by atoms with Crippen molar-refractivity contribution in [1.29, 1.82) is 0 Å². The lowest BCUT2D eigenvalue weighted by Gasteiger charge is -2.17. The van der Waals surface area contributed by atoms with Gasteiger partial charge in [-0.05, 0) is 48.0 Å². The second-order valence-electron chi connectivity index (χ2n) is 5.63. The Morgan fingerprint density at radius 2 is 1.54 bits per heavy atom. The number of rotatable bonds is 7. The average molecular weight is 369 g/mol. The molecule has 4 nitrogen and oxygen atoms in total. The fourth-order valence-electron chi connectivity index (χ4n) is 2.44. The highest BCUT2D eigenvalue weighted by Crippen LogP contribution is 2.27. The van der Waals surface area contributed by atoms with E-state index in [0.29, 0.717) is 22.3 Å². The van der Waals surface area contributed by atoms with E-state index in [0.717, 1.165) is 5.56 Å². The summed E-state index contributed by atoms with van der Waals surface area (Å²) >= 11 is 5.85. The standard InChI is InChI=1S/C21H17ClO4/c22-16-10-12-18(13-11-16)26-20(21(23)24)14-15-6-4-5-9-19(15)25-17-7-2-1-3-8-17/h1-13,20H,14H2,(H,23,24). The van der Waals surface area contributed by atoms with Gasteiger partial charge in [-0.2, -0.15) is 0 Å². The van der Waals surface area contributed by atoms with E-state index in [1.54, 1.807) is 24.3 Å². The topological polar surface area (TPSA) is 55.8 Å². The third-order valence-electron chi connectivity index (χ3n) is 3.72. The lowest BCUT2D eigenvalue weighted by Crippen LogP contribution is -2.29. The van der Waals surface area contributed by atoms with Crippen LogP contribution in [0.15, 0.2) is 78.9 Å². The molecule has 3 aromatic rings. The van der Waals surface area contributed by atoms with Gasteiger partial charge in [-0.15, -0.1) is 0 Å². The molecule has 3 aromatic carbocycles. The molecule has 0 saturated heterocycles. The van der Waals surface area contributed by atoms with Crippen molar-refractivity contribution in [3.63, 3.8) is 0 Å². The van der Waals surface area contributed by atoms with Crippen molar-refractivity contribution in [2.24, 2.45) is 0 Å². The number of ether oxygens (including phenoxy) is 2. The van der Waals surface area contributed by atoms with Crippen molar-refractivity contribution in [2.45, 2.75) is 12.5 Å². The largest absolute Gasteiger partial charge is 0.478 e. The first-order chi connectivity index (χ1) is 12.6. The molecule has 1 atom stereocenters. The van der Waals surface area contributed by atoms with E-state index in [-0.39, 0.29) is 6.42 Å². The molecule has 0 radical (unpaired) electrons. The number of para-hydroxylation sites is 2. The number of hydrogen-bond donors (Lipinski definition) is 1. The molecule has 0 aliphatic heterocycles. The molecule has 0 aromatic heterocycles. The summed E-state index contributed by atoms with van der Waals surface area (Å²) in [6, 6.07) is 23.3. The molecule has 0 aliphatic carbocycles. The van der Waals surface area contributed by atoms with Gasteiger partial charge in [0.05, 0.1) is 0 Å². The zero-order chi connectivity index (χ0) is 18.4. The molecule has 0 saturated carbocycles. The summed E-state index contributed by atoms with van der Waals surface area (Å²) in [6.45, 7) is 0. The Hall–Kier alpha value is -2.98. The van der Waals surface area contributed by atoms with Gasteiger partial charge >= 0.3 is 5.97 Å². The van der Waals surface area contributed by atoms with E-state index in [2.05, 4.69) is 0 Å². The van der Waals surface area contributed by atoms with Gasteiger partial charge in [0.2, 0.25) is 0 Å². The van der Waals surface area contributed by atoms with E-state index in [9.17, 15) is 9.90 Å². The Bertz CT molecular complexity index is 863. The van der Waals surface area contributed by atoms with Crippen molar-refractivity contribution in [1.82, 2.24) is 0 Å². The molecule has 0 amide bonds. The Morgan fingerprint density at radius 1 is 0.885 bits per heavy atom. The second-order valence-corrected chi connectivity index (χ2v) is 6.06.